The predicted molar refractivity (Wildman–Crippen MR) is 277 cm³/mol. The van der Waals surface area contributed by atoms with Crippen LogP contribution in [0.5, 0.6) is 0 Å². The molecular formula is C63H98. The average molecular weight is 855 g/mol. The van der Waals surface area contributed by atoms with E-state index in [1.807, 2.05) is 0 Å². The van der Waals surface area contributed by atoms with Crippen LogP contribution in [-0.4, -0.2) is 0 Å². The van der Waals surface area contributed by atoms with Crippen LogP contribution < -0.4 is 0 Å². The predicted octanol–water partition coefficient (Wildman–Crippen LogP) is 19.1. The van der Waals surface area contributed by atoms with Crippen molar-refractivity contribution in [2.75, 3.05) is 0 Å². The number of unbranched alkanes of at least 4 members (excludes halogenated alkanes) is 11. The summed E-state index contributed by atoms with van der Waals surface area (Å²) in [5, 5.41) is 0. The molecule has 0 amide bonds. The second kappa shape index (κ2) is 31.5. The Hall–Kier alpha value is -2.44. The second-order valence-corrected chi connectivity index (χ2v) is 21.7. The highest BCUT2D eigenvalue weighted by atomic mass is 14.4. The van der Waals surface area contributed by atoms with Gasteiger partial charge in [0.05, 0.1) is 0 Å². The third-order valence-electron chi connectivity index (χ3n) is 16.7. The number of hydrogen-bond acceptors (Lipinski definition) is 0. The van der Waals surface area contributed by atoms with E-state index in [2.05, 4.69) is 99.9 Å². The van der Waals surface area contributed by atoms with Gasteiger partial charge in [-0.3, -0.25) is 0 Å². The quantitative estimate of drug-likeness (QED) is 0.0867. The summed E-state index contributed by atoms with van der Waals surface area (Å²) in [6.07, 6.45) is 49.4. The first-order chi connectivity index (χ1) is 31.1. The van der Waals surface area contributed by atoms with Crippen molar-refractivity contribution in [3.05, 3.63) is 70.8 Å². The van der Waals surface area contributed by atoms with Crippen molar-refractivity contribution in [2.45, 2.75) is 252 Å². The van der Waals surface area contributed by atoms with Gasteiger partial charge in [-0.2, -0.15) is 0 Å². The first-order valence-electron chi connectivity index (χ1n) is 28.3. The summed E-state index contributed by atoms with van der Waals surface area (Å²) in [5.41, 5.74) is 5.37. The van der Waals surface area contributed by atoms with Gasteiger partial charge in [-0.25, -0.2) is 0 Å². The zero-order valence-electron chi connectivity index (χ0n) is 42.0. The molecule has 0 spiro atoms. The molecule has 0 atom stereocenters. The summed E-state index contributed by atoms with van der Waals surface area (Å²) in [4.78, 5) is 0. The summed E-state index contributed by atoms with van der Waals surface area (Å²) in [6.45, 7) is 9.20. The molecule has 350 valence electrons. The molecule has 0 heteroatoms. The molecule has 0 aliphatic heterocycles. The SMILES string of the molecule is CCCCCCc1ccc(C#CC2CCC(C3CCC(CCCCC)CC3)CC2)cc1.CCCCCCc1ccc(C#CC2CCC(C3CCC(CCCCCC)CC3)CC2)cc1. The largest absolute Gasteiger partial charge is 0.0945 e. The van der Waals surface area contributed by atoms with Gasteiger partial charge < -0.3 is 0 Å². The summed E-state index contributed by atoms with van der Waals surface area (Å²) in [6, 6.07) is 18.2. The van der Waals surface area contributed by atoms with Crippen molar-refractivity contribution in [1.82, 2.24) is 0 Å². The highest BCUT2D eigenvalue weighted by Gasteiger charge is 2.31. The Bertz CT molecular complexity index is 1540. The third kappa shape index (κ3) is 20.3. The van der Waals surface area contributed by atoms with E-state index >= 15 is 0 Å². The summed E-state index contributed by atoms with van der Waals surface area (Å²) >= 11 is 0. The van der Waals surface area contributed by atoms with E-state index in [0.717, 1.165) is 35.5 Å². The molecule has 2 aromatic rings. The van der Waals surface area contributed by atoms with Crippen LogP contribution >= 0.6 is 0 Å². The first kappa shape index (κ1) is 51.5. The van der Waals surface area contributed by atoms with Crippen LogP contribution in [-0.2, 0) is 12.8 Å². The van der Waals surface area contributed by atoms with Gasteiger partial charge in [-0.05, 0) is 174 Å². The van der Waals surface area contributed by atoms with E-state index in [0.29, 0.717) is 11.8 Å². The highest BCUT2D eigenvalue weighted by molar-refractivity contribution is 5.37. The van der Waals surface area contributed by atoms with E-state index in [9.17, 15) is 0 Å². The number of aryl methyl sites for hydroxylation is 2. The van der Waals surface area contributed by atoms with Crippen LogP contribution in [0.25, 0.3) is 0 Å². The van der Waals surface area contributed by atoms with E-state index in [1.165, 1.54) is 247 Å². The molecular weight excluding hydrogens is 757 g/mol. The summed E-state index contributed by atoms with van der Waals surface area (Å²) < 4.78 is 0. The molecule has 4 aliphatic carbocycles. The van der Waals surface area contributed by atoms with Gasteiger partial charge in [0.15, 0.2) is 0 Å². The minimum atomic E-state index is 0.634. The topological polar surface area (TPSA) is 0 Å². The molecule has 2 aromatic carbocycles. The number of benzene rings is 2. The summed E-state index contributed by atoms with van der Waals surface area (Å²) in [7, 11) is 0. The maximum absolute atomic E-state index is 3.63. The lowest BCUT2D eigenvalue weighted by atomic mass is 9.69. The standard InChI is InChI=1S/C32H50.C31H48/c1-3-5-7-9-11-27-13-15-29(16-14-27)17-18-30-21-25-32(26-22-30)31-23-19-28(20-24-31)12-10-8-6-4-2;1-3-5-7-9-11-26-12-14-28(15-13-26)16-17-29-20-24-31(25-21-29)30-22-18-27(19-23-30)10-8-6-4-2/h13-16,28,30-32H,3-12,19-26H2,1-2H3;12-15,27,29-31H,3-11,18-25H2,1-2H3. The molecule has 4 fully saturated rings. The Labute approximate surface area is 392 Å². The van der Waals surface area contributed by atoms with Crippen LogP contribution in [0.4, 0.5) is 0 Å². The van der Waals surface area contributed by atoms with Gasteiger partial charge >= 0.3 is 0 Å². The van der Waals surface area contributed by atoms with Crippen LogP contribution in [0.2, 0.25) is 0 Å². The van der Waals surface area contributed by atoms with Crippen LogP contribution in [0.3, 0.4) is 0 Å². The van der Waals surface area contributed by atoms with Crippen LogP contribution in [0.1, 0.15) is 262 Å². The van der Waals surface area contributed by atoms with Crippen LogP contribution in [0, 0.1) is 71.0 Å². The zero-order chi connectivity index (χ0) is 44.2. The Morgan fingerprint density at radius 2 is 0.635 bits per heavy atom. The fraction of sp³-hybridized carbons (Fsp3) is 0.746. The smallest absolute Gasteiger partial charge is 0.0245 e. The van der Waals surface area contributed by atoms with E-state index in [-0.39, 0.29) is 0 Å². The van der Waals surface area contributed by atoms with Crippen LogP contribution in [0.15, 0.2) is 48.5 Å². The molecule has 0 saturated heterocycles. The normalized spacial score (nSPS) is 26.0. The molecule has 0 bridgehead atoms. The van der Waals surface area contributed by atoms with Crippen molar-refractivity contribution < 1.29 is 0 Å². The minimum Gasteiger partial charge on any atom is -0.0945 e. The molecule has 4 saturated carbocycles. The zero-order valence-corrected chi connectivity index (χ0v) is 42.0. The summed E-state index contributed by atoms with van der Waals surface area (Å²) in [5.74, 6) is 21.7. The van der Waals surface area contributed by atoms with Crippen molar-refractivity contribution in [3.63, 3.8) is 0 Å². The average Bonchev–Trinajstić information content (AvgIpc) is 3.34. The van der Waals surface area contributed by atoms with Gasteiger partial charge in [0.1, 0.15) is 0 Å². The Morgan fingerprint density at radius 3 is 0.984 bits per heavy atom. The highest BCUT2D eigenvalue weighted by Crippen LogP contribution is 2.43. The molecule has 0 N–H and O–H groups in total. The lowest BCUT2D eigenvalue weighted by Gasteiger charge is -2.37. The number of rotatable bonds is 21. The maximum atomic E-state index is 3.63. The molecule has 0 unspecified atom stereocenters. The van der Waals surface area contributed by atoms with E-state index < -0.39 is 0 Å². The lowest BCUT2D eigenvalue weighted by Crippen LogP contribution is -2.25. The molecule has 0 radical (unpaired) electrons. The van der Waals surface area contributed by atoms with Crippen molar-refractivity contribution in [3.8, 4) is 23.7 Å². The van der Waals surface area contributed by atoms with Gasteiger partial charge in [-0.15, -0.1) is 0 Å². The monoisotopic (exact) mass is 855 g/mol. The lowest BCUT2D eigenvalue weighted by molar-refractivity contribution is 0.153. The molecule has 4 aliphatic rings. The Kier molecular flexibility index (Phi) is 25.7. The number of hydrogen-bond donors (Lipinski definition) is 0. The Balaban J connectivity index is 0.000000238. The van der Waals surface area contributed by atoms with Gasteiger partial charge in [0, 0.05) is 23.0 Å². The third-order valence-corrected chi connectivity index (χ3v) is 16.7. The van der Waals surface area contributed by atoms with Gasteiger partial charge in [0.25, 0.3) is 0 Å². The maximum Gasteiger partial charge on any atom is 0.0245 e. The molecule has 0 nitrogen and oxygen atoms in total. The fourth-order valence-corrected chi connectivity index (χ4v) is 12.3. The van der Waals surface area contributed by atoms with E-state index in [1.54, 1.807) is 0 Å². The minimum absolute atomic E-state index is 0.634. The first-order valence-corrected chi connectivity index (χ1v) is 28.3. The molecule has 0 heterocycles. The van der Waals surface area contributed by atoms with Crippen molar-refractivity contribution in [2.24, 2.45) is 47.3 Å². The van der Waals surface area contributed by atoms with Crippen molar-refractivity contribution >= 4 is 0 Å². The molecule has 0 aromatic heterocycles. The molecule has 63 heavy (non-hydrogen) atoms. The fourth-order valence-electron chi connectivity index (χ4n) is 12.3. The van der Waals surface area contributed by atoms with Gasteiger partial charge in [-0.1, -0.05) is 198 Å². The van der Waals surface area contributed by atoms with E-state index in [4.69, 9.17) is 0 Å². The Morgan fingerprint density at radius 1 is 0.333 bits per heavy atom. The second-order valence-electron chi connectivity index (χ2n) is 21.7. The molecule has 6 rings (SSSR count). The van der Waals surface area contributed by atoms with Gasteiger partial charge in [0.2, 0.25) is 0 Å². The van der Waals surface area contributed by atoms with Crippen molar-refractivity contribution in [1.29, 1.82) is 0 Å².